The summed E-state index contributed by atoms with van der Waals surface area (Å²) in [6.07, 6.45) is 1.11. The Morgan fingerprint density at radius 1 is 1.50 bits per heavy atom. The molecular formula is C9H10BrNO4S. The molecule has 0 unspecified atom stereocenters. The molecule has 5 nitrogen and oxygen atoms in total. The Bertz CT molecular complexity index is 498. The Kier molecular flexibility index (Phi) is 3.18. The highest BCUT2D eigenvalue weighted by molar-refractivity contribution is 9.10. The lowest BCUT2D eigenvalue weighted by molar-refractivity contribution is -0.0798. The standard InChI is InChI=1S/C9H10BrNO4S/c1-16(12,13)9-3-6(2-8(10)11-9)15-7-4-14-5-7/h2-3,7H,4-5H2,1H3. The number of pyridine rings is 1. The molecule has 2 rings (SSSR count). The molecule has 1 fully saturated rings. The second-order valence-electron chi connectivity index (χ2n) is 3.51. The molecule has 1 aliphatic rings. The molecule has 0 atom stereocenters. The van der Waals surface area contributed by atoms with Gasteiger partial charge in [0.2, 0.25) is 0 Å². The average molecular weight is 308 g/mol. The van der Waals surface area contributed by atoms with E-state index in [-0.39, 0.29) is 11.1 Å². The molecule has 1 saturated heterocycles. The largest absolute Gasteiger partial charge is 0.485 e. The third-order valence-electron chi connectivity index (χ3n) is 2.03. The molecule has 0 aliphatic carbocycles. The Balaban J connectivity index is 2.28. The molecule has 7 heteroatoms. The number of ether oxygens (including phenoxy) is 2. The van der Waals surface area contributed by atoms with Crippen molar-refractivity contribution in [2.45, 2.75) is 11.1 Å². The maximum absolute atomic E-state index is 11.3. The van der Waals surface area contributed by atoms with Crippen LogP contribution in [-0.4, -0.2) is 39.0 Å². The number of sulfone groups is 1. The molecule has 16 heavy (non-hydrogen) atoms. The maximum Gasteiger partial charge on any atom is 0.192 e. The van der Waals surface area contributed by atoms with Gasteiger partial charge < -0.3 is 9.47 Å². The summed E-state index contributed by atoms with van der Waals surface area (Å²) in [7, 11) is -3.32. The minimum absolute atomic E-state index is 0.00158. The van der Waals surface area contributed by atoms with Gasteiger partial charge in [-0.2, -0.15) is 0 Å². The zero-order valence-electron chi connectivity index (χ0n) is 8.51. The quantitative estimate of drug-likeness (QED) is 0.780. The summed E-state index contributed by atoms with van der Waals surface area (Å²) in [5.41, 5.74) is 0. The molecule has 0 N–H and O–H groups in total. The van der Waals surface area contributed by atoms with Gasteiger partial charge in [0.05, 0.1) is 13.2 Å². The van der Waals surface area contributed by atoms with E-state index in [4.69, 9.17) is 9.47 Å². The van der Waals surface area contributed by atoms with Crippen molar-refractivity contribution >= 4 is 25.8 Å². The zero-order valence-corrected chi connectivity index (χ0v) is 10.9. The van der Waals surface area contributed by atoms with E-state index in [2.05, 4.69) is 20.9 Å². The van der Waals surface area contributed by atoms with Gasteiger partial charge in [-0.3, -0.25) is 0 Å². The molecule has 0 amide bonds. The normalized spacial score (nSPS) is 16.9. The van der Waals surface area contributed by atoms with Crippen molar-refractivity contribution in [3.05, 3.63) is 16.7 Å². The van der Waals surface area contributed by atoms with Crippen LogP contribution >= 0.6 is 15.9 Å². The van der Waals surface area contributed by atoms with Crippen LogP contribution < -0.4 is 4.74 Å². The van der Waals surface area contributed by atoms with E-state index in [0.717, 1.165) is 6.26 Å². The fraction of sp³-hybridized carbons (Fsp3) is 0.444. The summed E-state index contributed by atoms with van der Waals surface area (Å²) in [6, 6.07) is 3.05. The topological polar surface area (TPSA) is 65.5 Å². The van der Waals surface area contributed by atoms with Crippen LogP contribution in [0.5, 0.6) is 5.75 Å². The summed E-state index contributed by atoms with van der Waals surface area (Å²) in [5, 5.41) is -0.00267. The highest BCUT2D eigenvalue weighted by atomic mass is 79.9. The van der Waals surface area contributed by atoms with Crippen molar-refractivity contribution in [3.63, 3.8) is 0 Å². The summed E-state index contributed by atoms with van der Waals surface area (Å²) >= 11 is 3.15. The van der Waals surface area contributed by atoms with Crippen LogP contribution in [0.2, 0.25) is 0 Å². The molecular weight excluding hydrogens is 298 g/mol. The Hall–Kier alpha value is -0.660. The molecule has 0 spiro atoms. The molecule has 0 radical (unpaired) electrons. The van der Waals surface area contributed by atoms with E-state index in [1.165, 1.54) is 6.07 Å². The van der Waals surface area contributed by atoms with Gasteiger partial charge in [-0.05, 0) is 15.9 Å². The fourth-order valence-corrected chi connectivity index (χ4v) is 2.31. The SMILES string of the molecule is CS(=O)(=O)c1cc(OC2COC2)cc(Br)n1. The molecule has 1 aromatic heterocycles. The number of hydrogen-bond donors (Lipinski definition) is 0. The summed E-state index contributed by atoms with van der Waals surface area (Å²) in [5.74, 6) is 0.482. The van der Waals surface area contributed by atoms with E-state index >= 15 is 0 Å². The number of rotatable bonds is 3. The van der Waals surface area contributed by atoms with Crippen molar-refractivity contribution in [3.8, 4) is 5.75 Å². The number of nitrogens with zero attached hydrogens (tertiary/aromatic N) is 1. The van der Waals surface area contributed by atoms with E-state index in [9.17, 15) is 8.42 Å². The van der Waals surface area contributed by atoms with Gasteiger partial charge in [-0.25, -0.2) is 13.4 Å². The van der Waals surface area contributed by atoms with Crippen LogP contribution in [0.4, 0.5) is 0 Å². The van der Waals surface area contributed by atoms with Crippen molar-refractivity contribution in [2.75, 3.05) is 19.5 Å². The van der Waals surface area contributed by atoms with Gasteiger partial charge >= 0.3 is 0 Å². The summed E-state index contributed by atoms with van der Waals surface area (Å²) in [6.45, 7) is 1.07. The molecule has 0 saturated carbocycles. The van der Waals surface area contributed by atoms with E-state index in [0.29, 0.717) is 23.6 Å². The van der Waals surface area contributed by atoms with Crippen molar-refractivity contribution in [1.82, 2.24) is 4.98 Å². The molecule has 0 bridgehead atoms. The van der Waals surface area contributed by atoms with Crippen LogP contribution in [-0.2, 0) is 14.6 Å². The molecule has 0 aromatic carbocycles. The fourth-order valence-electron chi connectivity index (χ4n) is 1.18. The van der Waals surface area contributed by atoms with Crippen LogP contribution in [0.25, 0.3) is 0 Å². The summed E-state index contributed by atoms with van der Waals surface area (Å²) in [4.78, 5) is 3.87. The summed E-state index contributed by atoms with van der Waals surface area (Å²) < 4.78 is 33.6. The predicted molar refractivity (Wildman–Crippen MR) is 60.3 cm³/mol. The van der Waals surface area contributed by atoms with Gasteiger partial charge in [0.1, 0.15) is 16.5 Å². The predicted octanol–water partition coefficient (Wildman–Crippen LogP) is 1.03. The highest BCUT2D eigenvalue weighted by Crippen LogP contribution is 2.23. The second kappa shape index (κ2) is 4.31. The van der Waals surface area contributed by atoms with Gasteiger partial charge in [0.15, 0.2) is 14.9 Å². The third kappa shape index (κ3) is 2.72. The molecule has 2 heterocycles. The zero-order chi connectivity index (χ0) is 11.8. The van der Waals surface area contributed by atoms with Crippen molar-refractivity contribution in [1.29, 1.82) is 0 Å². The van der Waals surface area contributed by atoms with Crippen molar-refractivity contribution in [2.24, 2.45) is 0 Å². The van der Waals surface area contributed by atoms with Crippen LogP contribution in [0.3, 0.4) is 0 Å². The van der Waals surface area contributed by atoms with Gasteiger partial charge in [0, 0.05) is 18.4 Å². The van der Waals surface area contributed by atoms with Crippen LogP contribution in [0.15, 0.2) is 21.8 Å². The number of hydrogen-bond acceptors (Lipinski definition) is 5. The first kappa shape index (κ1) is 11.8. The third-order valence-corrected chi connectivity index (χ3v) is 3.41. The molecule has 88 valence electrons. The smallest absolute Gasteiger partial charge is 0.192 e. The number of aromatic nitrogens is 1. The minimum Gasteiger partial charge on any atom is -0.485 e. The first-order valence-corrected chi connectivity index (χ1v) is 7.25. The van der Waals surface area contributed by atoms with E-state index in [1.54, 1.807) is 6.07 Å². The lowest BCUT2D eigenvalue weighted by Crippen LogP contribution is -2.38. The molecule has 1 aliphatic heterocycles. The highest BCUT2D eigenvalue weighted by Gasteiger charge is 2.21. The van der Waals surface area contributed by atoms with Gasteiger partial charge in [0.25, 0.3) is 0 Å². The van der Waals surface area contributed by atoms with E-state index in [1.807, 2.05) is 0 Å². The lowest BCUT2D eigenvalue weighted by Gasteiger charge is -2.26. The Morgan fingerprint density at radius 3 is 2.69 bits per heavy atom. The average Bonchev–Trinajstić information content (AvgIpc) is 2.09. The second-order valence-corrected chi connectivity index (χ2v) is 6.29. The van der Waals surface area contributed by atoms with Crippen molar-refractivity contribution < 1.29 is 17.9 Å². The van der Waals surface area contributed by atoms with Gasteiger partial charge in [-0.1, -0.05) is 0 Å². The van der Waals surface area contributed by atoms with Crippen LogP contribution in [0.1, 0.15) is 0 Å². The maximum atomic E-state index is 11.3. The Labute approximate surface area is 102 Å². The van der Waals surface area contributed by atoms with Gasteiger partial charge in [-0.15, -0.1) is 0 Å². The van der Waals surface area contributed by atoms with Crippen LogP contribution in [0, 0.1) is 0 Å². The monoisotopic (exact) mass is 307 g/mol. The first-order valence-electron chi connectivity index (χ1n) is 4.57. The Morgan fingerprint density at radius 2 is 2.19 bits per heavy atom. The lowest BCUT2D eigenvalue weighted by atomic mass is 10.3. The molecule has 1 aromatic rings. The first-order chi connectivity index (χ1) is 7.45. The minimum atomic E-state index is -3.32. The van der Waals surface area contributed by atoms with E-state index < -0.39 is 9.84 Å². The number of halogens is 1.